The number of sulfonamides is 1. The Balaban J connectivity index is 1.64. The molecule has 1 atom stereocenters. The van der Waals surface area contributed by atoms with Crippen LogP contribution in [0, 0.1) is 5.92 Å². The van der Waals surface area contributed by atoms with E-state index in [1.165, 1.54) is 27.4 Å². The third-order valence-corrected chi connectivity index (χ3v) is 7.94. The minimum Gasteiger partial charge on any atom is -0.300 e. The summed E-state index contributed by atoms with van der Waals surface area (Å²) in [6.07, 6.45) is 3.05. The van der Waals surface area contributed by atoms with Crippen molar-refractivity contribution in [1.29, 1.82) is 0 Å². The molecule has 1 unspecified atom stereocenters. The summed E-state index contributed by atoms with van der Waals surface area (Å²) in [6.45, 7) is 4.24. The third kappa shape index (κ3) is 4.95. The lowest BCUT2D eigenvalue weighted by atomic mass is 9.99. The van der Waals surface area contributed by atoms with E-state index < -0.39 is 15.9 Å². The third-order valence-electron chi connectivity index (χ3n) is 4.10. The van der Waals surface area contributed by atoms with Crippen molar-refractivity contribution in [3.8, 4) is 0 Å². The van der Waals surface area contributed by atoms with Crippen molar-refractivity contribution in [2.24, 2.45) is 5.92 Å². The van der Waals surface area contributed by atoms with E-state index in [1.807, 2.05) is 0 Å². The molecule has 1 fully saturated rings. The first kappa shape index (κ1) is 20.0. The van der Waals surface area contributed by atoms with Crippen LogP contribution >= 0.6 is 23.1 Å². The summed E-state index contributed by atoms with van der Waals surface area (Å²) in [5.74, 6) is 0.0853. The van der Waals surface area contributed by atoms with Gasteiger partial charge in [0.1, 0.15) is 0 Å². The Labute approximate surface area is 166 Å². The fraction of sp³-hybridized carbons (Fsp3) is 0.353. The minimum atomic E-state index is -3.59. The fourth-order valence-electron chi connectivity index (χ4n) is 2.77. The van der Waals surface area contributed by atoms with E-state index in [0.717, 1.165) is 10.1 Å². The molecule has 2 aromatic rings. The number of anilines is 1. The fourth-order valence-corrected chi connectivity index (χ4v) is 5.83. The van der Waals surface area contributed by atoms with Crippen LogP contribution in [0.1, 0.15) is 12.8 Å². The van der Waals surface area contributed by atoms with Crippen LogP contribution in [0.25, 0.3) is 0 Å². The highest BCUT2D eigenvalue weighted by molar-refractivity contribution is 8.01. The van der Waals surface area contributed by atoms with Crippen LogP contribution < -0.4 is 5.32 Å². The molecule has 1 aromatic carbocycles. The lowest BCUT2D eigenvalue weighted by Gasteiger charge is -2.31. The molecule has 2 heterocycles. The van der Waals surface area contributed by atoms with Gasteiger partial charge < -0.3 is 5.32 Å². The molecule has 0 radical (unpaired) electrons. The maximum absolute atomic E-state index is 12.8. The lowest BCUT2D eigenvalue weighted by Crippen LogP contribution is -2.43. The van der Waals surface area contributed by atoms with E-state index in [0.29, 0.717) is 24.5 Å². The van der Waals surface area contributed by atoms with Crippen LogP contribution in [0.5, 0.6) is 0 Å². The predicted octanol–water partition coefficient (Wildman–Crippen LogP) is 2.86. The zero-order valence-corrected chi connectivity index (χ0v) is 17.0. The highest BCUT2D eigenvalue weighted by Crippen LogP contribution is 2.28. The normalized spacial score (nSPS) is 18.1. The van der Waals surface area contributed by atoms with Crippen molar-refractivity contribution >= 4 is 44.2 Å². The van der Waals surface area contributed by atoms with Gasteiger partial charge in [-0.15, -0.1) is 16.8 Å². The van der Waals surface area contributed by atoms with Gasteiger partial charge in [-0.2, -0.15) is 4.31 Å². The highest BCUT2D eigenvalue weighted by atomic mass is 32.2. The van der Waals surface area contributed by atoms with Gasteiger partial charge in [0.15, 0.2) is 4.34 Å². The van der Waals surface area contributed by atoms with E-state index in [9.17, 15) is 13.2 Å². The van der Waals surface area contributed by atoms with Crippen LogP contribution in [0.15, 0.2) is 52.2 Å². The van der Waals surface area contributed by atoms with Crippen LogP contribution in [0.2, 0.25) is 0 Å². The number of carbonyl (C=O) groups is 1. The second-order valence-corrected chi connectivity index (χ2v) is 10.2. The topological polar surface area (TPSA) is 92.3 Å². The Hall–Kier alpha value is -1.75. The van der Waals surface area contributed by atoms with E-state index in [2.05, 4.69) is 22.1 Å². The Morgan fingerprint density at radius 2 is 2.15 bits per heavy atom. The number of nitrogens with one attached hydrogen (secondary N) is 1. The summed E-state index contributed by atoms with van der Waals surface area (Å²) >= 11 is 2.79. The number of carbonyl (C=O) groups excluding carboxylic acids is 1. The molecule has 10 heteroatoms. The summed E-state index contributed by atoms with van der Waals surface area (Å²) in [7, 11) is -3.59. The number of piperidine rings is 1. The molecular weight excluding hydrogens is 404 g/mol. The quantitative estimate of drug-likeness (QED) is 0.417. The van der Waals surface area contributed by atoms with Gasteiger partial charge in [-0.25, -0.2) is 8.42 Å². The lowest BCUT2D eigenvalue weighted by molar-refractivity contribution is -0.120. The first-order valence-corrected chi connectivity index (χ1v) is 11.7. The number of nitrogens with zero attached hydrogens (tertiary/aromatic N) is 3. The molecule has 7 nitrogen and oxygen atoms in total. The summed E-state index contributed by atoms with van der Waals surface area (Å²) in [5, 5.41) is 11.2. The van der Waals surface area contributed by atoms with Crippen molar-refractivity contribution in [1.82, 2.24) is 14.5 Å². The van der Waals surface area contributed by atoms with Gasteiger partial charge in [-0.3, -0.25) is 4.79 Å². The number of amides is 1. The van der Waals surface area contributed by atoms with Gasteiger partial charge in [0, 0.05) is 18.8 Å². The molecule has 1 aliphatic heterocycles. The van der Waals surface area contributed by atoms with Gasteiger partial charge in [0.2, 0.25) is 21.1 Å². The molecule has 1 saturated heterocycles. The molecule has 144 valence electrons. The smallest absolute Gasteiger partial charge is 0.243 e. The number of aromatic nitrogens is 2. The second-order valence-electron chi connectivity index (χ2n) is 5.98. The van der Waals surface area contributed by atoms with E-state index in [1.54, 1.807) is 36.4 Å². The number of hydrogen-bond acceptors (Lipinski definition) is 7. The van der Waals surface area contributed by atoms with Crippen LogP contribution in [0.3, 0.4) is 0 Å². The molecule has 0 aliphatic carbocycles. The summed E-state index contributed by atoms with van der Waals surface area (Å²) in [4.78, 5) is 12.8. The number of benzene rings is 1. The van der Waals surface area contributed by atoms with Gasteiger partial charge >= 0.3 is 0 Å². The van der Waals surface area contributed by atoms with Crippen molar-refractivity contribution < 1.29 is 13.2 Å². The molecule has 1 N–H and O–H groups in total. The monoisotopic (exact) mass is 424 g/mol. The average Bonchev–Trinajstić information content (AvgIpc) is 3.14. The van der Waals surface area contributed by atoms with Crippen LogP contribution in [0.4, 0.5) is 5.13 Å². The standard InChI is InChI=1S/C17H20N4O3S3/c1-2-11-25-17-20-19-16(26-17)18-15(22)13-7-6-10-21(12-13)27(23,24)14-8-4-3-5-9-14/h2-5,8-9,13H,1,6-7,10-12H2,(H,18,19,22). The zero-order valence-electron chi connectivity index (χ0n) is 14.6. The van der Waals surface area contributed by atoms with Crippen molar-refractivity contribution in [3.05, 3.63) is 43.0 Å². The molecule has 0 spiro atoms. The molecule has 0 saturated carbocycles. The Morgan fingerprint density at radius 3 is 2.89 bits per heavy atom. The first-order chi connectivity index (χ1) is 13.0. The predicted molar refractivity (Wildman–Crippen MR) is 107 cm³/mol. The minimum absolute atomic E-state index is 0.167. The molecule has 1 aliphatic rings. The maximum Gasteiger partial charge on any atom is 0.243 e. The molecule has 1 amide bonds. The van der Waals surface area contributed by atoms with E-state index in [-0.39, 0.29) is 17.3 Å². The Morgan fingerprint density at radius 1 is 1.37 bits per heavy atom. The summed E-state index contributed by atoms with van der Waals surface area (Å²) in [5.41, 5.74) is 0. The molecule has 27 heavy (non-hydrogen) atoms. The molecule has 0 bridgehead atoms. The largest absolute Gasteiger partial charge is 0.300 e. The average molecular weight is 425 g/mol. The Bertz CT molecular complexity index is 899. The zero-order chi connectivity index (χ0) is 19.3. The van der Waals surface area contributed by atoms with Gasteiger partial charge in [0.05, 0.1) is 10.8 Å². The molecular formula is C17H20N4O3S3. The van der Waals surface area contributed by atoms with Gasteiger partial charge in [-0.05, 0) is 25.0 Å². The molecule has 1 aromatic heterocycles. The molecule has 3 rings (SSSR count). The second kappa shape index (κ2) is 8.96. The van der Waals surface area contributed by atoms with Gasteiger partial charge in [-0.1, -0.05) is 47.4 Å². The highest BCUT2D eigenvalue weighted by Gasteiger charge is 2.33. The van der Waals surface area contributed by atoms with E-state index >= 15 is 0 Å². The van der Waals surface area contributed by atoms with Gasteiger partial charge in [0.25, 0.3) is 0 Å². The Kier molecular flexibility index (Phi) is 6.64. The number of hydrogen-bond donors (Lipinski definition) is 1. The van der Waals surface area contributed by atoms with Crippen molar-refractivity contribution in [2.75, 3.05) is 24.2 Å². The van der Waals surface area contributed by atoms with Crippen molar-refractivity contribution in [2.45, 2.75) is 22.1 Å². The first-order valence-electron chi connectivity index (χ1n) is 8.44. The maximum atomic E-state index is 12.8. The number of thioether (sulfide) groups is 1. The summed E-state index contributed by atoms with van der Waals surface area (Å²) < 4.78 is 27.7. The summed E-state index contributed by atoms with van der Waals surface area (Å²) in [6, 6.07) is 8.30. The number of rotatable bonds is 7. The van der Waals surface area contributed by atoms with Crippen LogP contribution in [-0.2, 0) is 14.8 Å². The van der Waals surface area contributed by atoms with E-state index in [4.69, 9.17) is 0 Å². The van der Waals surface area contributed by atoms with Crippen molar-refractivity contribution in [3.63, 3.8) is 0 Å². The SMILES string of the molecule is C=CCSc1nnc(NC(=O)C2CCCN(S(=O)(=O)c3ccccc3)C2)s1. The van der Waals surface area contributed by atoms with Crippen LogP contribution in [-0.4, -0.2) is 47.7 Å².